The lowest BCUT2D eigenvalue weighted by Crippen LogP contribution is -3.00. The first-order valence-electron chi connectivity index (χ1n) is 16.8. The lowest BCUT2D eigenvalue weighted by Gasteiger charge is -2.46. The SMILES string of the molecule is Clc1nc(N2CC[N+]3(CCC[N+]4(CCNCC4)CC3)CC2)cc(N2CC[N+]3(CCC[N+]4(CCNCC4)CC3)CC2)n1.[Br-].[Br-].[Br-].[Br-]. The van der Waals surface area contributed by atoms with E-state index in [9.17, 15) is 0 Å². The van der Waals surface area contributed by atoms with Crippen molar-refractivity contribution in [2.24, 2.45) is 0 Å². The van der Waals surface area contributed by atoms with E-state index in [2.05, 4.69) is 26.5 Å². The third-order valence-electron chi connectivity index (χ3n) is 12.4. The third kappa shape index (κ3) is 9.07. The third-order valence-corrected chi connectivity index (χ3v) is 12.5. The Morgan fingerprint density at radius 2 is 0.778 bits per heavy atom. The summed E-state index contributed by atoms with van der Waals surface area (Å²) >= 11 is 6.58. The van der Waals surface area contributed by atoms with Crippen LogP contribution in [0, 0.1) is 0 Å². The Hall–Kier alpha value is 0.650. The summed E-state index contributed by atoms with van der Waals surface area (Å²) in [6, 6.07) is 2.24. The number of aromatic nitrogens is 2. The number of halogens is 5. The summed E-state index contributed by atoms with van der Waals surface area (Å²) < 4.78 is 5.32. The number of nitrogens with zero attached hydrogens (tertiary/aromatic N) is 8. The average molecular weight is 911 g/mol. The number of nitrogens with one attached hydrogen (secondary N) is 2. The van der Waals surface area contributed by atoms with Crippen LogP contribution in [0.4, 0.5) is 11.6 Å². The molecule has 1 aromatic rings. The van der Waals surface area contributed by atoms with Gasteiger partial charge in [-0.3, -0.25) is 0 Å². The highest BCUT2D eigenvalue weighted by Crippen LogP contribution is 2.29. The minimum Gasteiger partial charge on any atom is -1.00 e. The molecule has 1 aromatic heterocycles. The summed E-state index contributed by atoms with van der Waals surface area (Å²) in [5, 5.41) is 7.56. The predicted octanol–water partition coefficient (Wildman–Crippen LogP) is -11.9. The fraction of sp³-hybridized carbons (Fsp3) is 0.867. The molecule has 0 amide bonds. The van der Waals surface area contributed by atoms with Crippen molar-refractivity contribution in [2.75, 3.05) is 167 Å². The van der Waals surface area contributed by atoms with Crippen LogP contribution < -0.4 is 88.4 Å². The maximum atomic E-state index is 6.58. The molecular weight excluding hydrogens is 855 g/mol. The van der Waals surface area contributed by atoms with E-state index < -0.39 is 0 Å². The second-order valence-electron chi connectivity index (χ2n) is 14.5. The van der Waals surface area contributed by atoms with Crippen LogP contribution in [0.1, 0.15) is 12.8 Å². The molecule has 6 aliphatic heterocycles. The summed E-state index contributed by atoms with van der Waals surface area (Å²) in [5.74, 6) is 2.07. The molecule has 0 bridgehead atoms. The Bertz CT molecular complexity index is 981. The van der Waals surface area contributed by atoms with E-state index in [1.165, 1.54) is 162 Å². The van der Waals surface area contributed by atoms with Gasteiger partial charge >= 0.3 is 0 Å². The molecule has 0 unspecified atom stereocenters. The highest BCUT2D eigenvalue weighted by atomic mass is 79.9. The summed E-state index contributed by atoms with van der Waals surface area (Å²) in [7, 11) is 0. The Labute approximate surface area is 318 Å². The van der Waals surface area contributed by atoms with Gasteiger partial charge in [0.15, 0.2) is 0 Å². The molecule has 0 aliphatic carbocycles. The van der Waals surface area contributed by atoms with Gasteiger partial charge in [0.1, 0.15) is 37.8 Å². The van der Waals surface area contributed by atoms with Crippen molar-refractivity contribution in [3.63, 3.8) is 0 Å². The summed E-state index contributed by atoms with van der Waals surface area (Å²) in [6.07, 6.45) is 2.74. The smallest absolute Gasteiger partial charge is 0.226 e. The highest BCUT2D eigenvalue weighted by Gasteiger charge is 2.43. The van der Waals surface area contributed by atoms with Crippen molar-refractivity contribution in [1.29, 1.82) is 0 Å². The molecule has 15 heteroatoms. The van der Waals surface area contributed by atoms with Gasteiger partial charge in [0.2, 0.25) is 5.28 Å². The molecule has 6 saturated heterocycles. The number of quaternary nitrogens is 4. The lowest BCUT2D eigenvalue weighted by molar-refractivity contribution is -0.964. The Morgan fingerprint density at radius 3 is 1.11 bits per heavy atom. The molecule has 0 saturated carbocycles. The van der Waals surface area contributed by atoms with Gasteiger partial charge in [0.05, 0.1) is 105 Å². The van der Waals surface area contributed by atoms with Gasteiger partial charge in [-0.15, -0.1) is 0 Å². The number of anilines is 2. The lowest BCUT2D eigenvalue weighted by atomic mass is 10.2. The van der Waals surface area contributed by atoms with Crippen LogP contribution >= 0.6 is 11.6 Å². The molecule has 0 atom stereocenters. The van der Waals surface area contributed by atoms with Gasteiger partial charge in [-0.1, -0.05) is 0 Å². The zero-order valence-electron chi connectivity index (χ0n) is 26.9. The van der Waals surface area contributed by atoms with E-state index in [0.717, 1.165) is 37.8 Å². The number of hydrogen-bond acceptors (Lipinski definition) is 6. The minimum atomic E-state index is 0. The van der Waals surface area contributed by atoms with Crippen LogP contribution in [-0.4, -0.2) is 185 Å². The van der Waals surface area contributed by atoms with E-state index in [4.69, 9.17) is 21.6 Å². The average Bonchev–Trinajstić information content (AvgIpc) is 3.27. The molecule has 7 heterocycles. The second kappa shape index (κ2) is 17.0. The molecule has 10 nitrogen and oxygen atoms in total. The first-order chi connectivity index (χ1) is 20.0. The van der Waals surface area contributed by atoms with Crippen LogP contribution in [0.3, 0.4) is 0 Å². The Morgan fingerprint density at radius 1 is 0.467 bits per heavy atom. The van der Waals surface area contributed by atoms with Gasteiger partial charge in [0.25, 0.3) is 0 Å². The zero-order valence-corrected chi connectivity index (χ0v) is 34.0. The van der Waals surface area contributed by atoms with Crippen LogP contribution in [0.2, 0.25) is 5.28 Å². The van der Waals surface area contributed by atoms with Gasteiger partial charge in [0, 0.05) is 45.1 Å². The molecule has 45 heavy (non-hydrogen) atoms. The van der Waals surface area contributed by atoms with Crippen molar-refractivity contribution in [1.82, 2.24) is 20.6 Å². The molecule has 0 aromatic carbocycles. The maximum Gasteiger partial charge on any atom is 0.226 e. The fourth-order valence-electron chi connectivity index (χ4n) is 9.26. The van der Waals surface area contributed by atoms with E-state index in [-0.39, 0.29) is 67.9 Å². The number of piperazine rings is 4. The van der Waals surface area contributed by atoms with Crippen molar-refractivity contribution >= 4 is 23.2 Å². The topological polar surface area (TPSA) is 56.3 Å². The standard InChI is InChI=1S/C30H55ClN10.4BrH/c31-30-34-28(36-7-19-40(20-8-36)13-1-11-38(23-25-40)15-3-32-4-16-38)27-29(35-30)37-9-21-41(22-10-37)14-2-12-39(24-26-41)17-5-33-6-18-39;;;;/h27,32-33H,1-26H2;4*1H/q+4;;;;/p-4. The normalized spacial score (nSPS) is 26.9. The first kappa shape index (κ1) is 40.1. The van der Waals surface area contributed by atoms with Gasteiger partial charge < -0.3 is 106 Å². The van der Waals surface area contributed by atoms with E-state index in [1.807, 2.05) is 0 Å². The van der Waals surface area contributed by atoms with Crippen LogP contribution in [0.15, 0.2) is 6.07 Å². The van der Waals surface area contributed by atoms with Crippen molar-refractivity contribution < 1.29 is 85.9 Å². The largest absolute Gasteiger partial charge is 1.00 e. The van der Waals surface area contributed by atoms with Crippen molar-refractivity contribution in [3.05, 3.63) is 11.3 Å². The number of rotatable bonds is 2. The molecule has 260 valence electrons. The van der Waals surface area contributed by atoms with Gasteiger partial charge in [-0.25, -0.2) is 9.97 Å². The predicted molar refractivity (Wildman–Crippen MR) is 165 cm³/mol. The Balaban J connectivity index is 0.00000138. The van der Waals surface area contributed by atoms with Crippen molar-refractivity contribution in [2.45, 2.75) is 12.8 Å². The van der Waals surface area contributed by atoms with E-state index >= 15 is 0 Å². The summed E-state index contributed by atoms with van der Waals surface area (Å²) in [6.45, 7) is 30.1. The summed E-state index contributed by atoms with van der Waals surface area (Å²) in [4.78, 5) is 14.5. The van der Waals surface area contributed by atoms with Crippen LogP contribution in [0.5, 0.6) is 0 Å². The molecule has 6 fully saturated rings. The summed E-state index contributed by atoms with van der Waals surface area (Å²) in [5.41, 5.74) is 0. The molecule has 6 aliphatic rings. The molecule has 7 rings (SSSR count). The monoisotopic (exact) mass is 906 g/mol. The van der Waals surface area contributed by atoms with Crippen LogP contribution in [0.25, 0.3) is 0 Å². The molecule has 2 N–H and O–H groups in total. The fourth-order valence-corrected chi connectivity index (χ4v) is 9.43. The van der Waals surface area contributed by atoms with E-state index in [0.29, 0.717) is 5.28 Å². The van der Waals surface area contributed by atoms with Gasteiger partial charge in [-0.05, 0) is 11.6 Å². The maximum absolute atomic E-state index is 6.58. The van der Waals surface area contributed by atoms with Crippen molar-refractivity contribution in [3.8, 4) is 0 Å². The first-order valence-corrected chi connectivity index (χ1v) is 17.2. The minimum absolute atomic E-state index is 0. The molecule has 0 radical (unpaired) electrons. The molecular formula is C30H55Br4ClN10. The second-order valence-corrected chi connectivity index (χ2v) is 14.8. The van der Waals surface area contributed by atoms with Gasteiger partial charge in [-0.2, -0.15) is 0 Å². The van der Waals surface area contributed by atoms with E-state index in [1.54, 1.807) is 0 Å². The highest BCUT2D eigenvalue weighted by molar-refractivity contribution is 6.28. The Kier molecular flexibility index (Phi) is 15.2. The number of hydrogen-bond donors (Lipinski definition) is 2. The van der Waals surface area contributed by atoms with Crippen LogP contribution in [-0.2, 0) is 0 Å². The molecule has 4 spiro atoms. The quantitative estimate of drug-likeness (QED) is 0.228. The zero-order chi connectivity index (χ0) is 27.8.